The smallest absolute Gasteiger partial charge is 0.147 e. The van der Waals surface area contributed by atoms with Crippen LogP contribution < -0.4 is 5.32 Å². The fourth-order valence-electron chi connectivity index (χ4n) is 1.24. The molecule has 0 atom stereocenters. The zero-order valence-electron chi connectivity index (χ0n) is 7.90. The van der Waals surface area contributed by atoms with Gasteiger partial charge in [0.15, 0.2) is 0 Å². The molecule has 0 radical (unpaired) electrons. The normalized spacial score (nSPS) is 14.9. The van der Waals surface area contributed by atoms with Gasteiger partial charge in [0, 0.05) is 22.6 Å². The third-order valence-electron chi connectivity index (χ3n) is 2.27. The van der Waals surface area contributed by atoms with Crippen molar-refractivity contribution in [3.8, 4) is 0 Å². The zero-order chi connectivity index (χ0) is 10.1. The summed E-state index contributed by atoms with van der Waals surface area (Å²) in [7, 11) is 0. The number of halogens is 4. The highest BCUT2D eigenvalue weighted by atomic mass is 79.9. The van der Waals surface area contributed by atoms with E-state index in [1.807, 2.05) is 0 Å². The number of benzene rings is 1. The van der Waals surface area contributed by atoms with Gasteiger partial charge in [-0.25, -0.2) is 4.39 Å². The summed E-state index contributed by atoms with van der Waals surface area (Å²) in [6, 6.07) is 4.10. The predicted octanol–water partition coefficient (Wildman–Crippen LogP) is 3.92. The Morgan fingerprint density at radius 1 is 1.47 bits per heavy atom. The van der Waals surface area contributed by atoms with Crippen LogP contribution in [0.15, 0.2) is 16.6 Å². The lowest BCUT2D eigenvalue weighted by Crippen LogP contribution is -2.16. The Balaban J connectivity index is 0.00000112. The summed E-state index contributed by atoms with van der Waals surface area (Å²) in [6.45, 7) is 0.559. The van der Waals surface area contributed by atoms with Crippen molar-refractivity contribution in [3.05, 3.63) is 33.0 Å². The third kappa shape index (κ3) is 3.31. The molecule has 2 rings (SSSR count). The molecular weight excluding hydrogens is 304 g/mol. The van der Waals surface area contributed by atoms with Gasteiger partial charge in [0.05, 0.1) is 5.02 Å². The molecule has 1 aliphatic carbocycles. The summed E-state index contributed by atoms with van der Waals surface area (Å²) in [4.78, 5) is 0. The summed E-state index contributed by atoms with van der Waals surface area (Å²) in [5.41, 5.74) is 0.630. The first-order valence-electron chi connectivity index (χ1n) is 4.54. The van der Waals surface area contributed by atoms with Gasteiger partial charge in [0.1, 0.15) is 5.82 Å². The van der Waals surface area contributed by atoms with Gasteiger partial charge in [-0.05, 0) is 34.8 Å². The van der Waals surface area contributed by atoms with Crippen LogP contribution in [-0.4, -0.2) is 6.04 Å². The summed E-state index contributed by atoms with van der Waals surface area (Å²) in [5, 5.41) is 3.41. The van der Waals surface area contributed by atoms with E-state index < -0.39 is 0 Å². The van der Waals surface area contributed by atoms with Crippen molar-refractivity contribution < 1.29 is 4.39 Å². The first-order chi connectivity index (χ1) is 6.68. The van der Waals surface area contributed by atoms with Crippen molar-refractivity contribution in [2.24, 2.45) is 0 Å². The van der Waals surface area contributed by atoms with Crippen LogP contribution in [0.5, 0.6) is 0 Å². The van der Waals surface area contributed by atoms with Gasteiger partial charge in [0.2, 0.25) is 0 Å². The molecule has 84 valence electrons. The van der Waals surface area contributed by atoms with Crippen molar-refractivity contribution in [1.82, 2.24) is 5.32 Å². The van der Waals surface area contributed by atoms with Crippen LogP contribution in [0.3, 0.4) is 0 Å². The molecule has 0 aliphatic heterocycles. The van der Waals surface area contributed by atoms with E-state index in [0.29, 0.717) is 22.6 Å². The van der Waals surface area contributed by atoms with E-state index in [4.69, 9.17) is 11.6 Å². The molecule has 1 aromatic rings. The van der Waals surface area contributed by atoms with Gasteiger partial charge < -0.3 is 5.32 Å². The van der Waals surface area contributed by atoms with E-state index in [1.165, 1.54) is 12.8 Å². The molecule has 0 spiro atoms. The molecule has 0 saturated heterocycles. The molecule has 0 unspecified atom stereocenters. The van der Waals surface area contributed by atoms with E-state index in [9.17, 15) is 4.39 Å². The van der Waals surface area contributed by atoms with Crippen molar-refractivity contribution in [3.63, 3.8) is 0 Å². The topological polar surface area (TPSA) is 12.0 Å². The standard InChI is InChI=1S/C10H10BrClFN.ClH/c11-8-4-1-6(10(13)9(8)12)5-14-7-2-3-7;/h1,4,7,14H,2-3,5H2;1H. The van der Waals surface area contributed by atoms with E-state index >= 15 is 0 Å². The third-order valence-corrected chi connectivity index (χ3v) is 3.53. The predicted molar refractivity (Wildman–Crippen MR) is 66.2 cm³/mol. The lowest BCUT2D eigenvalue weighted by molar-refractivity contribution is 0.586. The molecule has 15 heavy (non-hydrogen) atoms. The Kier molecular flexibility index (Phi) is 4.84. The molecule has 1 N–H and O–H groups in total. The molecular formula is C10H11BrCl2FN. The molecule has 1 aromatic carbocycles. The Bertz CT molecular complexity index is 356. The highest BCUT2D eigenvalue weighted by Crippen LogP contribution is 2.28. The van der Waals surface area contributed by atoms with Gasteiger partial charge in [-0.3, -0.25) is 0 Å². The Morgan fingerprint density at radius 2 is 2.13 bits per heavy atom. The van der Waals surface area contributed by atoms with Crippen molar-refractivity contribution >= 4 is 39.9 Å². The molecule has 5 heteroatoms. The Morgan fingerprint density at radius 3 is 2.73 bits per heavy atom. The van der Waals surface area contributed by atoms with Crippen LogP contribution in [0.1, 0.15) is 18.4 Å². The summed E-state index contributed by atoms with van der Waals surface area (Å²) >= 11 is 8.94. The lowest BCUT2D eigenvalue weighted by atomic mass is 10.2. The summed E-state index contributed by atoms with van der Waals surface area (Å²) in [6.07, 6.45) is 2.40. The maximum Gasteiger partial charge on any atom is 0.147 e. The van der Waals surface area contributed by atoms with Crippen LogP contribution in [0.2, 0.25) is 5.02 Å². The van der Waals surface area contributed by atoms with E-state index in [0.717, 1.165) is 0 Å². The van der Waals surface area contributed by atoms with Crippen molar-refractivity contribution in [2.75, 3.05) is 0 Å². The number of rotatable bonds is 3. The molecule has 1 fully saturated rings. The van der Waals surface area contributed by atoms with Gasteiger partial charge in [-0.15, -0.1) is 12.4 Å². The van der Waals surface area contributed by atoms with Crippen LogP contribution in [0.4, 0.5) is 4.39 Å². The van der Waals surface area contributed by atoms with E-state index in [2.05, 4.69) is 21.2 Å². The first-order valence-corrected chi connectivity index (χ1v) is 5.71. The quantitative estimate of drug-likeness (QED) is 0.834. The minimum absolute atomic E-state index is 0. The molecule has 1 nitrogen and oxygen atoms in total. The fourth-order valence-corrected chi connectivity index (χ4v) is 1.73. The number of hydrogen-bond acceptors (Lipinski definition) is 1. The van der Waals surface area contributed by atoms with E-state index in [1.54, 1.807) is 12.1 Å². The molecule has 1 aliphatic rings. The Hall–Kier alpha value is 0.170. The van der Waals surface area contributed by atoms with Crippen molar-refractivity contribution in [1.29, 1.82) is 0 Å². The van der Waals surface area contributed by atoms with Gasteiger partial charge in [-0.2, -0.15) is 0 Å². The van der Waals surface area contributed by atoms with Crippen LogP contribution >= 0.6 is 39.9 Å². The van der Waals surface area contributed by atoms with Crippen LogP contribution in [0.25, 0.3) is 0 Å². The minimum atomic E-state index is -0.325. The van der Waals surface area contributed by atoms with Crippen LogP contribution in [0, 0.1) is 5.82 Å². The fraction of sp³-hybridized carbons (Fsp3) is 0.400. The second-order valence-corrected chi connectivity index (χ2v) is 4.72. The maximum absolute atomic E-state index is 13.5. The largest absolute Gasteiger partial charge is 0.310 e. The Labute approximate surface area is 108 Å². The lowest BCUT2D eigenvalue weighted by Gasteiger charge is -2.06. The highest BCUT2D eigenvalue weighted by molar-refractivity contribution is 9.10. The molecule has 1 saturated carbocycles. The summed E-state index contributed by atoms with van der Waals surface area (Å²) < 4.78 is 14.1. The first kappa shape index (κ1) is 13.2. The molecule has 0 amide bonds. The molecule has 0 aromatic heterocycles. The van der Waals surface area contributed by atoms with Crippen molar-refractivity contribution in [2.45, 2.75) is 25.4 Å². The number of nitrogens with one attached hydrogen (secondary N) is 1. The number of hydrogen-bond donors (Lipinski definition) is 1. The van der Waals surface area contributed by atoms with E-state index in [-0.39, 0.29) is 23.2 Å². The highest BCUT2D eigenvalue weighted by Gasteiger charge is 2.21. The molecule has 0 bridgehead atoms. The van der Waals surface area contributed by atoms with Gasteiger partial charge >= 0.3 is 0 Å². The summed E-state index contributed by atoms with van der Waals surface area (Å²) in [5.74, 6) is -0.325. The second-order valence-electron chi connectivity index (χ2n) is 3.49. The maximum atomic E-state index is 13.5. The van der Waals surface area contributed by atoms with Crippen LogP contribution in [-0.2, 0) is 6.54 Å². The molecule has 0 heterocycles. The van der Waals surface area contributed by atoms with Gasteiger partial charge in [0.25, 0.3) is 0 Å². The minimum Gasteiger partial charge on any atom is -0.310 e. The average Bonchev–Trinajstić information content (AvgIpc) is 2.97. The SMILES string of the molecule is Cl.Fc1c(CNC2CC2)ccc(Br)c1Cl. The average molecular weight is 315 g/mol. The zero-order valence-corrected chi connectivity index (χ0v) is 11.1. The monoisotopic (exact) mass is 313 g/mol. The van der Waals surface area contributed by atoms with Gasteiger partial charge in [-0.1, -0.05) is 17.7 Å². The second kappa shape index (κ2) is 5.48.